The van der Waals surface area contributed by atoms with E-state index in [4.69, 9.17) is 11.1 Å². The monoisotopic (exact) mass is 555 g/mol. The van der Waals surface area contributed by atoms with Crippen LogP contribution < -0.4 is 10.0 Å². The van der Waals surface area contributed by atoms with Crippen molar-refractivity contribution in [1.82, 2.24) is 9.55 Å². The number of nitrogens with one attached hydrogen (secondary N) is 1. The third-order valence-corrected chi connectivity index (χ3v) is 8.44. The van der Waals surface area contributed by atoms with Crippen molar-refractivity contribution in [3.8, 4) is 0 Å². The van der Waals surface area contributed by atoms with E-state index < -0.39 is 22.5 Å². The quantitative estimate of drug-likeness (QED) is 0.142. The van der Waals surface area contributed by atoms with Gasteiger partial charge in [0.05, 0.1) is 11.2 Å². The number of benzene rings is 3. The minimum absolute atomic E-state index is 0.0698. The average molecular weight is 556 g/mol. The van der Waals surface area contributed by atoms with Crippen LogP contribution >= 0.6 is 0 Å². The fourth-order valence-corrected chi connectivity index (χ4v) is 6.26. The van der Waals surface area contributed by atoms with Crippen LogP contribution in [-0.4, -0.2) is 47.2 Å². The number of nitrogens with zero attached hydrogens (tertiary/aromatic N) is 3. The Hall–Kier alpha value is -5.03. The Morgan fingerprint density at radius 3 is 2.48 bits per heavy atom. The van der Waals surface area contributed by atoms with Crippen molar-refractivity contribution in [3.05, 3.63) is 102 Å². The molecule has 0 aliphatic rings. The molecule has 40 heavy (non-hydrogen) atoms. The van der Waals surface area contributed by atoms with Crippen LogP contribution in [0.1, 0.15) is 21.5 Å². The molecule has 0 radical (unpaired) electrons. The van der Waals surface area contributed by atoms with Gasteiger partial charge in [-0.3, -0.25) is 24.3 Å². The number of Topliss-reactive ketones (excluding diaryl/α,β-unsaturated/α-hetero) is 1. The number of amidine groups is 1. The smallest absolute Gasteiger partial charge is 0.324 e. The molecular formula is C29H25N5O5S. The zero-order chi connectivity index (χ0) is 28.6. The van der Waals surface area contributed by atoms with Gasteiger partial charge in [0.15, 0.2) is 5.78 Å². The number of carboxylic acid groups (broad SMARTS) is 1. The highest BCUT2D eigenvalue weighted by atomic mass is 32.2. The molecule has 0 spiro atoms. The lowest BCUT2D eigenvalue weighted by Gasteiger charge is -2.23. The number of fused-ring (bicyclic) bond motifs is 2. The average Bonchev–Trinajstić information content (AvgIpc) is 3.27. The molecular weight excluding hydrogens is 530 g/mol. The van der Waals surface area contributed by atoms with Gasteiger partial charge in [0.1, 0.15) is 17.3 Å². The fraction of sp³-hybridized carbons (Fsp3) is 0.103. The van der Waals surface area contributed by atoms with Crippen LogP contribution in [0.3, 0.4) is 0 Å². The molecule has 10 nitrogen and oxygen atoms in total. The van der Waals surface area contributed by atoms with Crippen LogP contribution in [0.25, 0.3) is 21.8 Å². The van der Waals surface area contributed by atoms with Gasteiger partial charge >= 0.3 is 5.97 Å². The van der Waals surface area contributed by atoms with E-state index in [0.717, 1.165) is 9.87 Å². The number of pyridine rings is 1. The van der Waals surface area contributed by atoms with Crippen molar-refractivity contribution >= 4 is 55.1 Å². The number of nitrogen functional groups attached to an aromatic ring is 1. The number of para-hydroxylation sites is 1. The molecule has 0 aliphatic carbocycles. The van der Waals surface area contributed by atoms with E-state index in [1.165, 1.54) is 24.4 Å². The molecule has 202 valence electrons. The number of hydrogen-bond donors (Lipinski definition) is 3. The number of carboxylic acids is 1. The summed E-state index contributed by atoms with van der Waals surface area (Å²) in [5, 5.41) is 18.3. The van der Waals surface area contributed by atoms with Gasteiger partial charge in [-0.05, 0) is 35.9 Å². The van der Waals surface area contributed by atoms with Gasteiger partial charge < -0.3 is 15.4 Å². The molecule has 0 bridgehead atoms. The maximum Gasteiger partial charge on any atom is 0.324 e. The summed E-state index contributed by atoms with van der Waals surface area (Å²) in [4.78, 5) is 29.3. The van der Waals surface area contributed by atoms with Crippen LogP contribution in [0, 0.1) is 5.41 Å². The Labute approximate surface area is 229 Å². The maximum atomic E-state index is 13.9. The van der Waals surface area contributed by atoms with Crippen molar-refractivity contribution in [2.75, 3.05) is 10.8 Å². The van der Waals surface area contributed by atoms with Crippen LogP contribution in [0.15, 0.2) is 90.1 Å². The lowest BCUT2D eigenvalue weighted by Crippen LogP contribution is -2.36. The van der Waals surface area contributed by atoms with Crippen LogP contribution in [0.5, 0.6) is 0 Å². The second-order valence-corrected chi connectivity index (χ2v) is 11.1. The maximum absolute atomic E-state index is 13.9. The molecule has 4 N–H and O–H groups in total. The summed E-state index contributed by atoms with van der Waals surface area (Å²) in [5.41, 5.74) is 8.17. The van der Waals surface area contributed by atoms with E-state index in [1.807, 2.05) is 0 Å². The van der Waals surface area contributed by atoms with Crippen LogP contribution in [0.4, 0.5) is 5.69 Å². The van der Waals surface area contributed by atoms with Gasteiger partial charge in [0, 0.05) is 53.3 Å². The first-order valence-corrected chi connectivity index (χ1v) is 13.6. The molecule has 0 unspecified atom stereocenters. The third kappa shape index (κ3) is 4.90. The Bertz CT molecular complexity index is 1910. The molecule has 0 aliphatic heterocycles. The number of sulfonamides is 1. The van der Waals surface area contributed by atoms with Crippen molar-refractivity contribution in [1.29, 1.82) is 5.41 Å². The SMILES string of the molecule is Cn1cc(C(=O)Cc2ccc(C(=N)N)cc2)c2cc(N(CC(=O)O)S(=O)(=O)c3cccc4cccnc34)ccc21. The Balaban J connectivity index is 1.58. The van der Waals surface area contributed by atoms with E-state index in [-0.39, 0.29) is 34.1 Å². The summed E-state index contributed by atoms with van der Waals surface area (Å²) >= 11 is 0. The summed E-state index contributed by atoms with van der Waals surface area (Å²) in [7, 11) is -2.59. The van der Waals surface area contributed by atoms with E-state index in [1.54, 1.807) is 72.4 Å². The number of aliphatic carboxylic acids is 1. The minimum Gasteiger partial charge on any atom is -0.480 e. The molecule has 5 aromatic rings. The van der Waals surface area contributed by atoms with Gasteiger partial charge in [0.25, 0.3) is 10.0 Å². The van der Waals surface area contributed by atoms with E-state index in [9.17, 15) is 23.1 Å². The van der Waals surface area contributed by atoms with Crippen molar-refractivity contribution < 1.29 is 23.1 Å². The lowest BCUT2D eigenvalue weighted by atomic mass is 10.0. The molecule has 0 saturated carbocycles. The molecule has 2 heterocycles. The van der Waals surface area contributed by atoms with Crippen molar-refractivity contribution in [2.24, 2.45) is 12.8 Å². The van der Waals surface area contributed by atoms with Gasteiger partial charge in [-0.25, -0.2) is 8.42 Å². The Morgan fingerprint density at radius 1 is 1.05 bits per heavy atom. The number of aryl methyl sites for hydroxylation is 1. The number of nitrogens with two attached hydrogens (primary N) is 1. The number of ketones is 1. The summed E-state index contributed by atoms with van der Waals surface area (Å²) in [5.74, 6) is -1.61. The molecule has 0 amide bonds. The first-order valence-electron chi connectivity index (χ1n) is 12.2. The molecule has 0 saturated heterocycles. The van der Waals surface area contributed by atoms with E-state index >= 15 is 0 Å². The highest BCUT2D eigenvalue weighted by molar-refractivity contribution is 7.93. The Kier molecular flexibility index (Phi) is 6.82. The fourth-order valence-electron chi connectivity index (χ4n) is 4.68. The second kappa shape index (κ2) is 10.3. The van der Waals surface area contributed by atoms with Crippen LogP contribution in [-0.2, 0) is 28.3 Å². The van der Waals surface area contributed by atoms with Crippen LogP contribution in [0.2, 0.25) is 0 Å². The highest BCUT2D eigenvalue weighted by Gasteiger charge is 2.30. The topological polar surface area (TPSA) is 159 Å². The van der Waals surface area contributed by atoms with Crippen molar-refractivity contribution in [3.63, 3.8) is 0 Å². The minimum atomic E-state index is -4.36. The number of carbonyl (C=O) groups is 2. The molecule has 0 atom stereocenters. The first kappa shape index (κ1) is 26.6. The van der Waals surface area contributed by atoms with E-state index in [0.29, 0.717) is 27.4 Å². The summed E-state index contributed by atoms with van der Waals surface area (Å²) in [6, 6.07) is 19.6. The summed E-state index contributed by atoms with van der Waals surface area (Å²) in [6.07, 6.45) is 3.22. The molecule has 0 fully saturated rings. The number of rotatable bonds is 9. The number of hydrogen-bond acceptors (Lipinski definition) is 6. The largest absolute Gasteiger partial charge is 0.480 e. The molecule has 11 heteroatoms. The van der Waals surface area contributed by atoms with Gasteiger partial charge in [-0.1, -0.05) is 42.5 Å². The predicted octanol–water partition coefficient (Wildman–Crippen LogP) is 3.72. The number of anilines is 1. The molecule has 2 aromatic heterocycles. The Morgan fingerprint density at radius 2 is 1.77 bits per heavy atom. The van der Waals surface area contributed by atoms with Gasteiger partial charge in [0.2, 0.25) is 0 Å². The van der Waals surface area contributed by atoms with E-state index in [2.05, 4.69) is 4.98 Å². The third-order valence-electron chi connectivity index (χ3n) is 6.63. The van der Waals surface area contributed by atoms with Crippen molar-refractivity contribution in [2.45, 2.75) is 11.3 Å². The lowest BCUT2D eigenvalue weighted by molar-refractivity contribution is -0.135. The number of carbonyl (C=O) groups excluding carboxylic acids is 1. The molecule has 3 aromatic carbocycles. The zero-order valence-electron chi connectivity index (χ0n) is 21.4. The second-order valence-electron chi connectivity index (χ2n) is 9.30. The van der Waals surface area contributed by atoms with Gasteiger partial charge in [-0.15, -0.1) is 0 Å². The highest BCUT2D eigenvalue weighted by Crippen LogP contribution is 2.32. The first-order chi connectivity index (χ1) is 19.1. The normalized spacial score (nSPS) is 11.5. The summed E-state index contributed by atoms with van der Waals surface area (Å²) < 4.78 is 30.3. The summed E-state index contributed by atoms with van der Waals surface area (Å²) in [6.45, 7) is -0.824. The van der Waals surface area contributed by atoms with Gasteiger partial charge in [-0.2, -0.15) is 0 Å². The standard InChI is InChI=1S/C29H25N5O5S/c1-33-16-23(25(35)14-18-7-9-20(10-8-18)29(30)31)22-15-21(11-12-24(22)33)34(17-27(36)37)40(38,39)26-6-2-4-19-5-3-13-32-28(19)26/h2-13,15-16H,14,17H2,1H3,(H3,30,31)(H,36,37). The number of aromatic nitrogens is 2. The molecule has 5 rings (SSSR count). The predicted molar refractivity (Wildman–Crippen MR) is 152 cm³/mol. The zero-order valence-corrected chi connectivity index (χ0v) is 22.2.